The minimum absolute atomic E-state index is 0.265. The Labute approximate surface area is 249 Å². The summed E-state index contributed by atoms with van der Waals surface area (Å²) in [6.45, 7) is 5.09. The summed E-state index contributed by atoms with van der Waals surface area (Å²) < 4.78 is 22.7. The van der Waals surface area contributed by atoms with Crippen LogP contribution in [0.4, 0.5) is 0 Å². The number of para-hydroxylation sites is 1. The van der Waals surface area contributed by atoms with Crippen molar-refractivity contribution in [2.45, 2.75) is 26.9 Å². The van der Waals surface area contributed by atoms with Crippen LogP contribution in [0.5, 0.6) is 23.0 Å². The quantitative estimate of drug-likeness (QED) is 0.0777. The van der Waals surface area contributed by atoms with E-state index in [1.54, 1.807) is 78.9 Å². The van der Waals surface area contributed by atoms with E-state index in [1.807, 2.05) is 26.0 Å². The van der Waals surface area contributed by atoms with Crippen molar-refractivity contribution in [1.82, 2.24) is 5.43 Å². The average Bonchev–Trinajstić information content (AvgIpc) is 3.01. The van der Waals surface area contributed by atoms with E-state index in [2.05, 4.69) is 10.5 Å². The van der Waals surface area contributed by atoms with Gasteiger partial charge >= 0.3 is 5.97 Å². The Morgan fingerprint density at radius 1 is 0.833 bits per heavy atom. The monoisotopic (exact) mass is 586 g/mol. The van der Waals surface area contributed by atoms with E-state index in [-0.39, 0.29) is 12.4 Å². The Hall–Kier alpha value is -4.82. The lowest BCUT2D eigenvalue weighted by molar-refractivity contribution is 0.0728. The van der Waals surface area contributed by atoms with E-state index in [4.69, 9.17) is 30.5 Å². The first kappa shape index (κ1) is 30.1. The van der Waals surface area contributed by atoms with Gasteiger partial charge in [-0.3, -0.25) is 4.79 Å². The molecule has 4 rings (SSSR count). The summed E-state index contributed by atoms with van der Waals surface area (Å²) >= 11 is 5.94. The molecule has 0 aromatic heterocycles. The van der Waals surface area contributed by atoms with Crippen LogP contribution in [0.2, 0.25) is 5.02 Å². The molecule has 0 fully saturated rings. The number of ether oxygens (including phenoxy) is 4. The number of hydrazone groups is 1. The first-order valence-corrected chi connectivity index (χ1v) is 13.9. The third-order valence-corrected chi connectivity index (χ3v) is 6.10. The molecule has 0 bridgehead atoms. The Kier molecular flexibility index (Phi) is 10.9. The summed E-state index contributed by atoms with van der Waals surface area (Å²) in [4.78, 5) is 25.6. The lowest BCUT2D eigenvalue weighted by Gasteiger charge is -2.12. The Balaban J connectivity index is 1.38. The molecule has 0 aliphatic rings. The van der Waals surface area contributed by atoms with Gasteiger partial charge in [0.15, 0.2) is 11.5 Å². The second-order valence-electron chi connectivity index (χ2n) is 9.01. The maximum Gasteiger partial charge on any atom is 0.343 e. The first-order chi connectivity index (χ1) is 20.5. The molecule has 4 aromatic rings. The summed E-state index contributed by atoms with van der Waals surface area (Å²) in [5.41, 5.74) is 4.79. The molecule has 216 valence electrons. The van der Waals surface area contributed by atoms with Gasteiger partial charge in [0.1, 0.15) is 18.1 Å². The van der Waals surface area contributed by atoms with E-state index in [9.17, 15) is 9.59 Å². The van der Waals surface area contributed by atoms with Crippen molar-refractivity contribution in [2.75, 3.05) is 13.2 Å². The molecule has 0 heterocycles. The normalized spacial score (nSPS) is 10.7. The molecule has 0 aliphatic heterocycles. The van der Waals surface area contributed by atoms with Gasteiger partial charge < -0.3 is 18.9 Å². The van der Waals surface area contributed by atoms with Crippen LogP contribution >= 0.6 is 11.6 Å². The number of esters is 1. The largest absolute Gasteiger partial charge is 0.494 e. The first-order valence-electron chi connectivity index (χ1n) is 13.5. The number of benzene rings is 4. The van der Waals surface area contributed by atoms with Gasteiger partial charge in [-0.25, -0.2) is 10.2 Å². The van der Waals surface area contributed by atoms with Gasteiger partial charge in [-0.2, -0.15) is 5.10 Å². The zero-order chi connectivity index (χ0) is 29.7. The number of halogens is 1. The minimum atomic E-state index is -0.524. The molecule has 42 heavy (non-hydrogen) atoms. The van der Waals surface area contributed by atoms with Crippen molar-refractivity contribution in [1.29, 1.82) is 0 Å². The highest BCUT2D eigenvalue weighted by Gasteiger charge is 2.14. The second kappa shape index (κ2) is 15.3. The van der Waals surface area contributed by atoms with Gasteiger partial charge in [-0.15, -0.1) is 0 Å². The van der Waals surface area contributed by atoms with Gasteiger partial charge in [0, 0.05) is 5.02 Å². The van der Waals surface area contributed by atoms with Crippen molar-refractivity contribution in [3.8, 4) is 23.0 Å². The smallest absolute Gasteiger partial charge is 0.343 e. The van der Waals surface area contributed by atoms with Gasteiger partial charge in [0.25, 0.3) is 5.91 Å². The van der Waals surface area contributed by atoms with Crippen molar-refractivity contribution in [3.05, 3.63) is 118 Å². The molecule has 0 aliphatic carbocycles. The predicted octanol–water partition coefficient (Wildman–Crippen LogP) is 7.09. The van der Waals surface area contributed by atoms with Gasteiger partial charge in [0.2, 0.25) is 0 Å². The zero-order valence-corrected chi connectivity index (χ0v) is 24.1. The molecule has 0 atom stereocenters. The molecule has 0 saturated carbocycles. The summed E-state index contributed by atoms with van der Waals surface area (Å²) in [5, 5.41) is 4.72. The minimum Gasteiger partial charge on any atom is -0.494 e. The molecular formula is C33H31ClN2O6. The fraction of sp³-hybridized carbons (Fsp3) is 0.182. The summed E-state index contributed by atoms with van der Waals surface area (Å²) in [7, 11) is 0. The van der Waals surface area contributed by atoms with Crippen LogP contribution in [0.15, 0.2) is 96.1 Å². The average molecular weight is 587 g/mol. The number of hydrogen-bond acceptors (Lipinski definition) is 7. The molecule has 1 N–H and O–H groups in total. The predicted molar refractivity (Wildman–Crippen MR) is 162 cm³/mol. The summed E-state index contributed by atoms with van der Waals surface area (Å²) in [6, 6.07) is 25.9. The molecule has 0 spiro atoms. The second-order valence-corrected chi connectivity index (χ2v) is 9.45. The molecule has 0 saturated heterocycles. The molecule has 1 amide bonds. The van der Waals surface area contributed by atoms with Gasteiger partial charge in [-0.05, 0) is 91.2 Å². The van der Waals surface area contributed by atoms with E-state index < -0.39 is 11.9 Å². The zero-order valence-electron chi connectivity index (χ0n) is 23.3. The highest BCUT2D eigenvalue weighted by Crippen LogP contribution is 2.29. The van der Waals surface area contributed by atoms with Crippen molar-refractivity contribution < 1.29 is 28.5 Å². The van der Waals surface area contributed by atoms with Crippen molar-refractivity contribution in [3.63, 3.8) is 0 Å². The van der Waals surface area contributed by atoms with Gasteiger partial charge in [0.05, 0.1) is 30.6 Å². The fourth-order valence-corrected chi connectivity index (χ4v) is 3.90. The summed E-state index contributed by atoms with van der Waals surface area (Å²) in [5.74, 6) is 0.788. The molecular weight excluding hydrogens is 556 g/mol. The van der Waals surface area contributed by atoms with Crippen LogP contribution < -0.4 is 24.4 Å². The Morgan fingerprint density at radius 3 is 2.33 bits per heavy atom. The lowest BCUT2D eigenvalue weighted by atomic mass is 10.2. The molecule has 9 heteroatoms. The number of carbonyl (C=O) groups is 2. The van der Waals surface area contributed by atoms with Crippen LogP contribution in [0.25, 0.3) is 0 Å². The summed E-state index contributed by atoms with van der Waals surface area (Å²) in [6.07, 6.45) is 2.37. The number of amides is 1. The number of carbonyl (C=O) groups excluding carboxylic acids is 2. The van der Waals surface area contributed by atoms with E-state index in [1.165, 1.54) is 6.21 Å². The van der Waals surface area contributed by atoms with Crippen LogP contribution in [0.3, 0.4) is 0 Å². The van der Waals surface area contributed by atoms with E-state index >= 15 is 0 Å². The van der Waals surface area contributed by atoms with Crippen LogP contribution in [-0.2, 0) is 6.61 Å². The third kappa shape index (κ3) is 8.59. The number of hydrogen-bond donors (Lipinski definition) is 1. The van der Waals surface area contributed by atoms with E-state index in [0.29, 0.717) is 52.2 Å². The van der Waals surface area contributed by atoms with Crippen LogP contribution in [-0.4, -0.2) is 31.3 Å². The topological polar surface area (TPSA) is 95.5 Å². The highest BCUT2D eigenvalue weighted by molar-refractivity contribution is 6.30. The third-order valence-electron chi connectivity index (χ3n) is 5.85. The SMILES string of the molecule is CCCOc1ccc(C(=O)Oc2ccc(C=NNC(=O)c3ccccc3OCc3ccc(Cl)cc3)cc2OCC)cc1. The van der Waals surface area contributed by atoms with Gasteiger partial charge in [-0.1, -0.05) is 42.8 Å². The van der Waals surface area contributed by atoms with Crippen LogP contribution in [0, 0.1) is 0 Å². The maximum absolute atomic E-state index is 12.9. The standard InChI is InChI=1S/C33H31ClN2O6/c1-3-19-40-27-16-12-25(13-17-27)33(38)42-30-18-11-24(20-31(30)39-4-2)21-35-36-32(37)28-7-5-6-8-29(28)41-22-23-9-14-26(34)15-10-23/h5-18,20-21H,3-4,19,22H2,1-2H3,(H,36,37). The fourth-order valence-electron chi connectivity index (χ4n) is 3.77. The lowest BCUT2D eigenvalue weighted by Crippen LogP contribution is -2.18. The highest BCUT2D eigenvalue weighted by atomic mass is 35.5. The number of nitrogens with one attached hydrogen (secondary N) is 1. The number of nitrogens with zero attached hydrogens (tertiary/aromatic N) is 1. The van der Waals surface area contributed by atoms with E-state index in [0.717, 1.165) is 12.0 Å². The molecule has 4 aromatic carbocycles. The van der Waals surface area contributed by atoms with Crippen molar-refractivity contribution in [2.24, 2.45) is 5.10 Å². The molecule has 8 nitrogen and oxygen atoms in total. The molecule has 0 radical (unpaired) electrons. The van der Waals surface area contributed by atoms with Crippen molar-refractivity contribution >= 4 is 29.7 Å². The van der Waals surface area contributed by atoms with Crippen LogP contribution in [0.1, 0.15) is 52.1 Å². The number of rotatable bonds is 13. The Morgan fingerprint density at radius 2 is 1.60 bits per heavy atom. The Bertz CT molecular complexity index is 1520. The maximum atomic E-state index is 12.9. The molecule has 0 unspecified atom stereocenters.